The highest BCUT2D eigenvalue weighted by Crippen LogP contribution is 2.18. The van der Waals surface area contributed by atoms with E-state index in [4.69, 9.17) is 0 Å². The molecule has 1 saturated heterocycles. The molecule has 1 atom stereocenters. The number of aliphatic imine (C=N–C) groups is 1. The maximum atomic E-state index is 4.62. The van der Waals surface area contributed by atoms with E-state index in [1.54, 1.807) is 0 Å². The molecule has 0 amide bonds. The largest absolute Gasteiger partial charge is 0.362 e. The Hall–Kier alpha value is -0.180. The van der Waals surface area contributed by atoms with Crippen LogP contribution in [0.15, 0.2) is 4.99 Å². The third-order valence-electron chi connectivity index (χ3n) is 2.80. The first-order valence-electron chi connectivity index (χ1n) is 6.17. The molecule has 3 heteroatoms. The van der Waals surface area contributed by atoms with E-state index in [0.717, 1.165) is 6.54 Å². The van der Waals surface area contributed by atoms with Crippen molar-refractivity contribution < 1.29 is 0 Å². The number of nitrogens with one attached hydrogen (secondary N) is 1. The summed E-state index contributed by atoms with van der Waals surface area (Å²) in [7, 11) is 0. The molecule has 2 nitrogen and oxygen atoms in total. The van der Waals surface area contributed by atoms with E-state index in [1.165, 1.54) is 36.6 Å². The van der Waals surface area contributed by atoms with Gasteiger partial charge in [0.15, 0.2) is 5.17 Å². The Morgan fingerprint density at radius 3 is 2.93 bits per heavy atom. The van der Waals surface area contributed by atoms with Crippen molar-refractivity contribution >= 4 is 16.9 Å². The molecule has 0 radical (unpaired) electrons. The van der Waals surface area contributed by atoms with Crippen molar-refractivity contribution in [2.75, 3.05) is 12.3 Å². The average Bonchev–Trinajstić information content (AvgIpc) is 2.25. The van der Waals surface area contributed by atoms with Crippen LogP contribution >= 0.6 is 11.8 Å². The Labute approximate surface area is 98.3 Å². The van der Waals surface area contributed by atoms with Crippen molar-refractivity contribution in [3.8, 4) is 0 Å². The predicted octanol–water partition coefficient (Wildman–Crippen LogP) is 3.28. The third kappa shape index (κ3) is 4.92. The quantitative estimate of drug-likeness (QED) is 0.730. The monoisotopic (exact) mass is 228 g/mol. The highest BCUT2D eigenvalue weighted by Gasteiger charge is 2.19. The number of amidine groups is 1. The number of rotatable bonds is 5. The summed E-state index contributed by atoms with van der Waals surface area (Å²) in [6.07, 6.45) is 5.08. The van der Waals surface area contributed by atoms with Crippen molar-refractivity contribution in [1.82, 2.24) is 5.32 Å². The molecule has 1 N–H and O–H groups in total. The summed E-state index contributed by atoms with van der Waals surface area (Å²) in [5.74, 6) is 1.94. The summed E-state index contributed by atoms with van der Waals surface area (Å²) in [5, 5.41) is 4.72. The standard InChI is InChI=1S/C12H24N2S/c1-4-5-6-8-13-12-14-11(10(2)3)7-9-15-12/h10-11H,4-9H2,1-3H3,(H,13,14). The summed E-state index contributed by atoms with van der Waals surface area (Å²) in [6, 6.07) is 0.635. The van der Waals surface area contributed by atoms with Crippen LogP contribution in [0.5, 0.6) is 0 Å². The summed E-state index contributed by atoms with van der Waals surface area (Å²) < 4.78 is 0. The average molecular weight is 228 g/mol. The Kier molecular flexibility index (Phi) is 6.15. The lowest BCUT2D eigenvalue weighted by atomic mass is 10.0. The molecule has 1 aliphatic heterocycles. The molecule has 0 aromatic heterocycles. The lowest BCUT2D eigenvalue weighted by molar-refractivity contribution is 0.442. The molecule has 88 valence electrons. The molecule has 0 saturated carbocycles. The third-order valence-corrected chi connectivity index (χ3v) is 3.76. The molecule has 0 aliphatic carbocycles. The molecule has 1 aliphatic rings. The Morgan fingerprint density at radius 1 is 1.47 bits per heavy atom. The van der Waals surface area contributed by atoms with Gasteiger partial charge in [0.25, 0.3) is 0 Å². The second kappa shape index (κ2) is 7.15. The lowest BCUT2D eigenvalue weighted by Crippen LogP contribution is -2.41. The Balaban J connectivity index is 2.28. The second-order valence-corrected chi connectivity index (χ2v) is 5.61. The summed E-state index contributed by atoms with van der Waals surface area (Å²) in [5.41, 5.74) is 0. The van der Waals surface area contributed by atoms with Crippen LogP contribution in [0, 0.1) is 5.92 Å². The van der Waals surface area contributed by atoms with Gasteiger partial charge < -0.3 is 5.32 Å². The van der Waals surface area contributed by atoms with E-state index in [2.05, 4.69) is 31.1 Å². The van der Waals surface area contributed by atoms with Crippen LogP contribution in [-0.2, 0) is 0 Å². The van der Waals surface area contributed by atoms with Gasteiger partial charge in [0, 0.05) is 18.3 Å². The minimum atomic E-state index is 0.635. The van der Waals surface area contributed by atoms with E-state index in [0.29, 0.717) is 12.0 Å². The highest BCUT2D eigenvalue weighted by atomic mass is 32.2. The van der Waals surface area contributed by atoms with Crippen LogP contribution < -0.4 is 5.32 Å². The van der Waals surface area contributed by atoms with E-state index in [9.17, 15) is 0 Å². The zero-order valence-corrected chi connectivity index (χ0v) is 11.1. The molecule has 0 aromatic rings. The number of hydrogen-bond donors (Lipinski definition) is 1. The van der Waals surface area contributed by atoms with Gasteiger partial charge in [-0.1, -0.05) is 45.4 Å². The van der Waals surface area contributed by atoms with Crippen LogP contribution in [0.1, 0.15) is 46.5 Å². The fourth-order valence-corrected chi connectivity index (χ4v) is 2.67. The van der Waals surface area contributed by atoms with Gasteiger partial charge in [-0.15, -0.1) is 0 Å². The van der Waals surface area contributed by atoms with Crippen LogP contribution in [0.4, 0.5) is 0 Å². The fraction of sp³-hybridized carbons (Fsp3) is 0.917. The molecule has 0 bridgehead atoms. The van der Waals surface area contributed by atoms with Gasteiger partial charge >= 0.3 is 0 Å². The van der Waals surface area contributed by atoms with Crippen molar-refractivity contribution in [1.29, 1.82) is 0 Å². The molecular formula is C12H24N2S. The van der Waals surface area contributed by atoms with E-state index >= 15 is 0 Å². The fourth-order valence-electron chi connectivity index (χ4n) is 1.69. The molecule has 1 rings (SSSR count). The van der Waals surface area contributed by atoms with Gasteiger partial charge in [-0.2, -0.15) is 0 Å². The summed E-state index contributed by atoms with van der Waals surface area (Å²) in [6.45, 7) is 7.79. The molecule has 15 heavy (non-hydrogen) atoms. The van der Waals surface area contributed by atoms with E-state index in [-0.39, 0.29) is 0 Å². The van der Waals surface area contributed by atoms with E-state index < -0.39 is 0 Å². The second-order valence-electron chi connectivity index (χ2n) is 4.53. The molecule has 1 unspecified atom stereocenters. The number of nitrogens with zero attached hydrogens (tertiary/aromatic N) is 1. The number of thioether (sulfide) groups is 1. The van der Waals surface area contributed by atoms with Crippen molar-refractivity contribution in [3.63, 3.8) is 0 Å². The first kappa shape index (κ1) is 12.9. The number of hydrogen-bond acceptors (Lipinski definition) is 2. The van der Waals surface area contributed by atoms with Crippen molar-refractivity contribution in [2.24, 2.45) is 10.9 Å². The summed E-state index contributed by atoms with van der Waals surface area (Å²) >= 11 is 1.88. The minimum Gasteiger partial charge on any atom is -0.362 e. The molecule has 0 spiro atoms. The molecule has 1 fully saturated rings. The maximum absolute atomic E-state index is 4.62. The van der Waals surface area contributed by atoms with Crippen LogP contribution in [-0.4, -0.2) is 23.5 Å². The molecule has 1 heterocycles. The van der Waals surface area contributed by atoms with Crippen LogP contribution in [0.25, 0.3) is 0 Å². The molecule has 0 aromatic carbocycles. The normalized spacial score (nSPS) is 24.5. The van der Waals surface area contributed by atoms with Gasteiger partial charge in [0.1, 0.15) is 0 Å². The van der Waals surface area contributed by atoms with Gasteiger partial charge in [0.05, 0.1) is 0 Å². The van der Waals surface area contributed by atoms with E-state index in [1.807, 2.05) is 11.8 Å². The summed E-state index contributed by atoms with van der Waals surface area (Å²) in [4.78, 5) is 4.62. The Bertz CT molecular complexity index is 202. The predicted molar refractivity (Wildman–Crippen MR) is 70.7 cm³/mol. The topological polar surface area (TPSA) is 24.4 Å². The maximum Gasteiger partial charge on any atom is 0.156 e. The zero-order chi connectivity index (χ0) is 11.1. The van der Waals surface area contributed by atoms with Gasteiger partial charge in [-0.25, -0.2) is 0 Å². The number of unbranched alkanes of at least 4 members (excludes halogenated alkanes) is 2. The smallest absolute Gasteiger partial charge is 0.156 e. The van der Waals surface area contributed by atoms with Crippen LogP contribution in [0.3, 0.4) is 0 Å². The van der Waals surface area contributed by atoms with Crippen LogP contribution in [0.2, 0.25) is 0 Å². The van der Waals surface area contributed by atoms with Crippen molar-refractivity contribution in [3.05, 3.63) is 0 Å². The van der Waals surface area contributed by atoms with Crippen molar-refractivity contribution in [2.45, 2.75) is 52.5 Å². The van der Waals surface area contributed by atoms with Gasteiger partial charge in [-0.3, -0.25) is 4.99 Å². The highest BCUT2D eigenvalue weighted by molar-refractivity contribution is 8.13. The van der Waals surface area contributed by atoms with Gasteiger partial charge in [-0.05, 0) is 18.8 Å². The zero-order valence-electron chi connectivity index (χ0n) is 10.3. The van der Waals surface area contributed by atoms with Gasteiger partial charge in [0.2, 0.25) is 0 Å². The first-order valence-corrected chi connectivity index (χ1v) is 7.16. The Morgan fingerprint density at radius 2 is 2.27 bits per heavy atom. The first-order chi connectivity index (χ1) is 7.24. The molecular weight excluding hydrogens is 204 g/mol. The minimum absolute atomic E-state index is 0.635. The lowest BCUT2D eigenvalue weighted by Gasteiger charge is -2.28. The SMILES string of the molecule is CCCCCN=C1NC(C(C)C)CCS1.